The van der Waals surface area contributed by atoms with Gasteiger partial charge in [0.2, 0.25) is 0 Å². The molecule has 4 heterocycles. The lowest BCUT2D eigenvalue weighted by Gasteiger charge is -1.97. The molecule has 12 nitrogen and oxygen atoms in total. The molecule has 0 aliphatic rings. The van der Waals surface area contributed by atoms with E-state index in [-0.39, 0.29) is 0 Å². The van der Waals surface area contributed by atoms with Crippen molar-refractivity contribution in [2.24, 2.45) is 0 Å². The lowest BCUT2D eigenvalue weighted by Crippen LogP contribution is -2.30. The largest absolute Gasteiger partial charge is 0.539 e. The molecule has 0 saturated carbocycles. The molecule has 36 heavy (non-hydrogen) atoms. The quantitative estimate of drug-likeness (QED) is 0.332. The lowest BCUT2D eigenvalue weighted by molar-refractivity contribution is -0.377. The maximum atomic E-state index is 9.10. The number of rotatable bonds is 2. The number of hydrogen-bond acceptors (Lipinski definition) is 8. The Morgan fingerprint density at radius 1 is 0.528 bits per heavy atom. The molecule has 0 unspecified atom stereocenters. The maximum absolute atomic E-state index is 9.10. The Hall–Kier alpha value is -5.52. The van der Waals surface area contributed by atoms with Gasteiger partial charge in [-0.05, 0) is 58.7 Å². The number of hydrogen-bond donors (Lipinski definition) is 3. The second kappa shape index (κ2) is 16.1. The summed E-state index contributed by atoms with van der Waals surface area (Å²) in [4.78, 5) is 51.1. The molecule has 0 atom stereocenters. The van der Waals surface area contributed by atoms with Crippen LogP contribution in [0, 0.1) is 0 Å². The Labute approximate surface area is 204 Å². The summed E-state index contributed by atoms with van der Waals surface area (Å²) in [6, 6.07) is 16.0. The van der Waals surface area contributed by atoms with Gasteiger partial charge in [0, 0.05) is 49.3 Å². The van der Waals surface area contributed by atoms with Crippen molar-refractivity contribution in [2.45, 2.75) is 0 Å². The van der Waals surface area contributed by atoms with Gasteiger partial charge in [0.1, 0.15) is 0 Å². The second-order valence-electron chi connectivity index (χ2n) is 6.20. The van der Waals surface area contributed by atoms with Crippen molar-refractivity contribution in [1.82, 2.24) is 15.0 Å². The highest BCUT2D eigenvalue weighted by atomic mass is 16.4. The van der Waals surface area contributed by atoms with Crippen LogP contribution < -0.4 is 10.1 Å². The normalized spacial score (nSPS) is 8.89. The number of carboxylic acid groups (broad SMARTS) is 4. The summed E-state index contributed by atoms with van der Waals surface area (Å²) < 4.78 is 0. The van der Waals surface area contributed by atoms with Gasteiger partial charge in [-0.15, -0.1) is 0 Å². The summed E-state index contributed by atoms with van der Waals surface area (Å²) in [5.74, 6) is -7.66. The summed E-state index contributed by atoms with van der Waals surface area (Å²) in [7, 11) is 0. The van der Waals surface area contributed by atoms with Gasteiger partial charge in [-0.25, -0.2) is 19.4 Å². The summed E-state index contributed by atoms with van der Waals surface area (Å²) in [6.45, 7) is 0. The molecule has 4 aromatic rings. The first-order chi connectivity index (χ1) is 17.2. The molecule has 0 saturated heterocycles. The SMILES string of the molecule is O=C(O)C(=O)O.O=C([O-])C(=O)O.c1cc(-c2cc[nH+]cc2)ccn1.c1cc(-c2ccncc2)ccn1. The number of aliphatic carboxylic acids is 4. The van der Waals surface area contributed by atoms with Crippen molar-refractivity contribution in [1.29, 1.82) is 0 Å². The smallest absolute Gasteiger partial charge is 0.414 e. The zero-order valence-electron chi connectivity index (χ0n) is 18.5. The fourth-order valence-corrected chi connectivity index (χ4v) is 2.21. The molecular weight excluding hydrogens is 472 g/mol. The zero-order chi connectivity index (χ0) is 26.8. The standard InChI is InChI=1S/2C10H8N2.2C2H2O4/c2*1-5-11-6-2-9(1)10-3-7-12-8-4-10;2*3-1(4)2(5)6/h2*1-8H;2*(H,3,4)(H,5,6). The minimum absolute atomic E-state index is 1.17. The first kappa shape index (κ1) is 28.5. The van der Waals surface area contributed by atoms with Crippen LogP contribution in [0.15, 0.2) is 98.1 Å². The van der Waals surface area contributed by atoms with Crippen molar-refractivity contribution >= 4 is 23.9 Å². The van der Waals surface area contributed by atoms with E-state index in [1.807, 2.05) is 60.9 Å². The highest BCUT2D eigenvalue weighted by Gasteiger charge is 2.04. The van der Waals surface area contributed by atoms with Crippen LogP contribution in [0.1, 0.15) is 0 Å². The first-order valence-electron chi connectivity index (χ1n) is 9.79. The molecule has 0 amide bonds. The van der Waals surface area contributed by atoms with Crippen LogP contribution >= 0.6 is 0 Å². The number of pyridine rings is 4. The number of carbonyl (C=O) groups is 4. The van der Waals surface area contributed by atoms with E-state index in [4.69, 9.17) is 39.6 Å². The molecule has 184 valence electrons. The van der Waals surface area contributed by atoms with Crippen LogP contribution in [0.25, 0.3) is 22.3 Å². The number of nitrogens with one attached hydrogen (secondary N) is 1. The molecule has 4 N–H and O–H groups in total. The molecule has 0 aliphatic heterocycles. The molecule has 0 fully saturated rings. The van der Waals surface area contributed by atoms with Gasteiger partial charge in [-0.1, -0.05) is 0 Å². The topological polar surface area (TPSA) is 205 Å². The number of aromatic amines is 1. The highest BCUT2D eigenvalue weighted by molar-refractivity contribution is 6.27. The fourth-order valence-electron chi connectivity index (χ4n) is 2.21. The van der Waals surface area contributed by atoms with Gasteiger partial charge in [-0.3, -0.25) is 15.0 Å². The van der Waals surface area contributed by atoms with Crippen LogP contribution in [0.5, 0.6) is 0 Å². The van der Waals surface area contributed by atoms with Crippen molar-refractivity contribution in [3.8, 4) is 22.3 Å². The van der Waals surface area contributed by atoms with Crippen LogP contribution in [0.2, 0.25) is 0 Å². The van der Waals surface area contributed by atoms with Crippen LogP contribution in [0.3, 0.4) is 0 Å². The monoisotopic (exact) mass is 492 g/mol. The van der Waals surface area contributed by atoms with Crippen LogP contribution in [-0.2, 0) is 19.2 Å². The van der Waals surface area contributed by atoms with E-state index < -0.39 is 23.9 Å². The molecule has 0 spiro atoms. The van der Waals surface area contributed by atoms with Gasteiger partial charge in [0.25, 0.3) is 0 Å². The summed E-state index contributed by atoms with van der Waals surface area (Å²) in [6.07, 6.45) is 14.6. The van der Waals surface area contributed by atoms with E-state index >= 15 is 0 Å². The average molecular weight is 492 g/mol. The van der Waals surface area contributed by atoms with Gasteiger partial charge in [-0.2, -0.15) is 0 Å². The van der Waals surface area contributed by atoms with Crippen LogP contribution in [-0.4, -0.2) is 54.1 Å². The number of carbonyl (C=O) groups excluding carboxylic acids is 1. The summed E-state index contributed by atoms with van der Waals surface area (Å²) >= 11 is 0. The minimum Gasteiger partial charge on any atom is -0.539 e. The molecule has 0 radical (unpaired) electrons. The van der Waals surface area contributed by atoms with Gasteiger partial charge < -0.3 is 25.2 Å². The number of aromatic nitrogens is 4. The van der Waals surface area contributed by atoms with E-state index in [1.54, 1.807) is 37.2 Å². The second-order valence-corrected chi connectivity index (χ2v) is 6.20. The Morgan fingerprint density at radius 2 is 0.778 bits per heavy atom. The van der Waals surface area contributed by atoms with Crippen molar-refractivity contribution in [3.63, 3.8) is 0 Å². The predicted molar refractivity (Wildman–Crippen MR) is 122 cm³/mol. The number of carboxylic acids is 4. The third kappa shape index (κ3) is 11.9. The van der Waals surface area contributed by atoms with Gasteiger partial charge in [0.15, 0.2) is 18.4 Å². The van der Waals surface area contributed by atoms with Crippen molar-refractivity contribution in [2.75, 3.05) is 0 Å². The van der Waals surface area contributed by atoms with Crippen molar-refractivity contribution in [3.05, 3.63) is 98.1 Å². The average Bonchev–Trinajstić information content (AvgIpc) is 2.92. The third-order valence-corrected chi connectivity index (χ3v) is 3.78. The molecule has 0 aliphatic carbocycles. The third-order valence-electron chi connectivity index (χ3n) is 3.78. The molecule has 12 heteroatoms. The number of H-pyrrole nitrogens is 1. The Kier molecular flexibility index (Phi) is 12.8. The zero-order valence-corrected chi connectivity index (χ0v) is 18.5. The summed E-state index contributed by atoms with van der Waals surface area (Å²) in [5, 5.41) is 31.1. The highest BCUT2D eigenvalue weighted by Crippen LogP contribution is 2.16. The lowest BCUT2D eigenvalue weighted by atomic mass is 10.1. The minimum atomic E-state index is -2.07. The van der Waals surface area contributed by atoms with E-state index in [0.717, 1.165) is 0 Å². The molecule has 0 bridgehead atoms. The Morgan fingerprint density at radius 3 is 1.00 bits per heavy atom. The first-order valence-corrected chi connectivity index (χ1v) is 9.79. The molecule has 4 rings (SSSR count). The molecular formula is C24H20N4O8. The van der Waals surface area contributed by atoms with Gasteiger partial charge in [0.05, 0.1) is 0 Å². The van der Waals surface area contributed by atoms with E-state index in [0.29, 0.717) is 0 Å². The van der Waals surface area contributed by atoms with E-state index in [1.165, 1.54) is 22.3 Å². The Bertz CT molecular complexity index is 1030. The number of nitrogens with zero attached hydrogens (tertiary/aromatic N) is 3. The Balaban J connectivity index is 0.000000255. The van der Waals surface area contributed by atoms with Gasteiger partial charge >= 0.3 is 17.9 Å². The van der Waals surface area contributed by atoms with Crippen LogP contribution in [0.4, 0.5) is 0 Å². The molecule has 4 aromatic heterocycles. The maximum Gasteiger partial charge on any atom is 0.414 e. The van der Waals surface area contributed by atoms with E-state index in [9.17, 15) is 0 Å². The van der Waals surface area contributed by atoms with Crippen molar-refractivity contribution < 1.29 is 44.6 Å². The predicted octanol–water partition coefficient (Wildman–Crippen LogP) is 0.683. The van der Waals surface area contributed by atoms with E-state index in [2.05, 4.69) is 19.9 Å². The summed E-state index contributed by atoms with van der Waals surface area (Å²) in [5.41, 5.74) is 4.75. The molecule has 0 aromatic carbocycles. The fraction of sp³-hybridized carbons (Fsp3) is 0.